The summed E-state index contributed by atoms with van der Waals surface area (Å²) < 4.78 is 0.904. The van der Waals surface area contributed by atoms with Crippen molar-refractivity contribution in [2.45, 2.75) is 25.8 Å². The number of hydrogen-bond donors (Lipinski definition) is 0. The van der Waals surface area contributed by atoms with Gasteiger partial charge in [0.05, 0.1) is 0 Å². The van der Waals surface area contributed by atoms with Crippen LogP contribution in [0.25, 0.3) is 11.1 Å². The van der Waals surface area contributed by atoms with Gasteiger partial charge < -0.3 is 9.80 Å². The average Bonchev–Trinajstić information content (AvgIpc) is 2.71. The largest absolute Gasteiger partial charge is 0.338 e. The first-order valence-corrected chi connectivity index (χ1v) is 11.3. The predicted octanol–water partition coefficient (Wildman–Crippen LogP) is 5.41. The summed E-state index contributed by atoms with van der Waals surface area (Å²) in [5.74, 6) is 0.0177. The fourth-order valence-corrected chi connectivity index (χ4v) is 5.41. The number of carbonyl (C=O) groups excluding carboxylic acids is 2. The van der Waals surface area contributed by atoms with E-state index in [0.717, 1.165) is 41.5 Å². The summed E-state index contributed by atoms with van der Waals surface area (Å²) in [6, 6.07) is 13.4. The molecule has 1 atom stereocenters. The lowest BCUT2D eigenvalue weighted by atomic mass is 9.69. The summed E-state index contributed by atoms with van der Waals surface area (Å²) in [5.41, 5.74) is 2.47. The second-order valence-electron chi connectivity index (χ2n) is 8.37. The van der Waals surface area contributed by atoms with E-state index in [1.54, 1.807) is 0 Å². The van der Waals surface area contributed by atoms with Gasteiger partial charge in [0.15, 0.2) is 0 Å². The normalized spacial score (nSPS) is 20.0. The van der Waals surface area contributed by atoms with Crippen LogP contribution in [0.2, 0.25) is 5.02 Å². The van der Waals surface area contributed by atoms with Gasteiger partial charge in [-0.2, -0.15) is 0 Å². The van der Waals surface area contributed by atoms with Crippen LogP contribution in [-0.4, -0.2) is 47.3 Å². The van der Waals surface area contributed by atoms with Crippen LogP contribution in [-0.2, 0) is 4.79 Å². The summed E-state index contributed by atoms with van der Waals surface area (Å²) in [6.07, 6.45) is 3.18. The number of piperidine rings is 1. The molecule has 0 bridgehead atoms. The van der Waals surface area contributed by atoms with Gasteiger partial charge in [-0.1, -0.05) is 52.3 Å². The van der Waals surface area contributed by atoms with Gasteiger partial charge in [0, 0.05) is 51.7 Å². The molecule has 1 spiro atoms. The van der Waals surface area contributed by atoms with Gasteiger partial charge in [0.1, 0.15) is 0 Å². The Bertz CT molecular complexity index is 1020. The number of hydrogen-bond acceptors (Lipinski definition) is 2. The Kier molecular flexibility index (Phi) is 5.78. The Morgan fingerprint density at radius 1 is 1.20 bits per heavy atom. The van der Waals surface area contributed by atoms with Crippen molar-refractivity contribution in [1.82, 2.24) is 9.80 Å². The van der Waals surface area contributed by atoms with Gasteiger partial charge in [0.25, 0.3) is 5.91 Å². The number of nitrogens with zero attached hydrogens (tertiary/aromatic N) is 2. The van der Waals surface area contributed by atoms with Gasteiger partial charge >= 0.3 is 0 Å². The molecule has 2 aliphatic rings. The third kappa shape index (κ3) is 3.81. The van der Waals surface area contributed by atoms with Gasteiger partial charge in [-0.15, -0.1) is 0 Å². The second kappa shape index (κ2) is 8.20. The van der Waals surface area contributed by atoms with Crippen LogP contribution in [0.5, 0.6) is 0 Å². The molecule has 2 aromatic carbocycles. The lowest BCUT2D eigenvalue weighted by Gasteiger charge is -2.55. The Labute approximate surface area is 190 Å². The predicted molar refractivity (Wildman–Crippen MR) is 124 cm³/mol. The van der Waals surface area contributed by atoms with E-state index >= 15 is 0 Å². The number of rotatable bonds is 3. The molecule has 0 saturated carbocycles. The van der Waals surface area contributed by atoms with Crippen LogP contribution in [0.4, 0.5) is 0 Å². The lowest BCUT2D eigenvalue weighted by molar-refractivity contribution is -0.142. The van der Waals surface area contributed by atoms with E-state index < -0.39 is 0 Å². The molecule has 156 valence electrons. The first-order valence-electron chi connectivity index (χ1n) is 10.1. The SMILES string of the molecule is C=CC(=O)N1CC2(CCN(C(=O)c3ccc(Br)cc3-c3ccccc3Cl)C(C)C2)C1. The summed E-state index contributed by atoms with van der Waals surface area (Å²) in [7, 11) is 0. The number of likely N-dealkylation sites (tertiary alicyclic amines) is 2. The highest BCUT2D eigenvalue weighted by molar-refractivity contribution is 9.10. The number of carbonyl (C=O) groups is 2. The van der Waals surface area contributed by atoms with Crippen molar-refractivity contribution < 1.29 is 9.59 Å². The number of benzene rings is 2. The maximum Gasteiger partial charge on any atom is 0.254 e. The molecule has 2 amide bonds. The zero-order valence-corrected chi connectivity index (χ0v) is 19.2. The highest BCUT2D eigenvalue weighted by atomic mass is 79.9. The number of halogens is 2. The van der Waals surface area contributed by atoms with Crippen molar-refractivity contribution in [1.29, 1.82) is 0 Å². The van der Waals surface area contributed by atoms with E-state index in [1.807, 2.05) is 52.3 Å². The topological polar surface area (TPSA) is 40.6 Å². The third-order valence-electron chi connectivity index (χ3n) is 6.32. The molecule has 0 N–H and O–H groups in total. The molecular formula is C24H24BrClN2O2. The quantitative estimate of drug-likeness (QED) is 0.543. The van der Waals surface area contributed by atoms with Gasteiger partial charge in [-0.25, -0.2) is 0 Å². The molecule has 2 saturated heterocycles. The maximum absolute atomic E-state index is 13.6. The van der Waals surface area contributed by atoms with E-state index in [-0.39, 0.29) is 23.3 Å². The van der Waals surface area contributed by atoms with E-state index in [1.165, 1.54) is 6.08 Å². The highest BCUT2D eigenvalue weighted by Gasteiger charge is 2.49. The highest BCUT2D eigenvalue weighted by Crippen LogP contribution is 2.43. The monoisotopic (exact) mass is 486 g/mol. The molecule has 2 fully saturated rings. The molecular weight excluding hydrogens is 464 g/mol. The summed E-state index contributed by atoms with van der Waals surface area (Å²) >= 11 is 9.96. The Morgan fingerprint density at radius 2 is 1.93 bits per heavy atom. The van der Waals surface area contributed by atoms with Crippen molar-refractivity contribution in [3.8, 4) is 11.1 Å². The van der Waals surface area contributed by atoms with Gasteiger partial charge in [-0.3, -0.25) is 9.59 Å². The summed E-state index contributed by atoms with van der Waals surface area (Å²) in [5, 5.41) is 0.622. The fraction of sp³-hybridized carbons (Fsp3) is 0.333. The molecule has 0 radical (unpaired) electrons. The molecule has 0 aromatic heterocycles. The van der Waals surface area contributed by atoms with Crippen LogP contribution < -0.4 is 0 Å². The molecule has 2 aliphatic heterocycles. The van der Waals surface area contributed by atoms with Gasteiger partial charge in [-0.05, 0) is 55.7 Å². The molecule has 2 heterocycles. The molecule has 1 unspecified atom stereocenters. The average molecular weight is 488 g/mol. The van der Waals surface area contributed by atoms with E-state index in [0.29, 0.717) is 17.1 Å². The third-order valence-corrected chi connectivity index (χ3v) is 7.14. The zero-order valence-electron chi connectivity index (χ0n) is 16.9. The van der Waals surface area contributed by atoms with Crippen molar-refractivity contribution >= 4 is 39.3 Å². The Balaban J connectivity index is 1.56. The molecule has 4 nitrogen and oxygen atoms in total. The lowest BCUT2D eigenvalue weighted by Crippen LogP contribution is -2.63. The molecule has 6 heteroatoms. The summed E-state index contributed by atoms with van der Waals surface area (Å²) in [6.45, 7) is 7.87. The Hall–Kier alpha value is -2.11. The van der Waals surface area contributed by atoms with Crippen LogP contribution in [0, 0.1) is 5.41 Å². The van der Waals surface area contributed by atoms with Crippen molar-refractivity contribution in [3.63, 3.8) is 0 Å². The van der Waals surface area contributed by atoms with Crippen LogP contribution in [0.3, 0.4) is 0 Å². The fourth-order valence-electron chi connectivity index (χ4n) is 4.81. The smallest absolute Gasteiger partial charge is 0.254 e. The molecule has 0 aliphatic carbocycles. The maximum atomic E-state index is 13.6. The minimum absolute atomic E-state index is 0.00831. The minimum atomic E-state index is -0.00831. The van der Waals surface area contributed by atoms with Gasteiger partial charge in [0.2, 0.25) is 5.91 Å². The van der Waals surface area contributed by atoms with Crippen LogP contribution >= 0.6 is 27.5 Å². The van der Waals surface area contributed by atoms with E-state index in [2.05, 4.69) is 29.4 Å². The first-order chi connectivity index (χ1) is 14.3. The number of amides is 2. The zero-order chi connectivity index (χ0) is 21.5. The molecule has 2 aromatic rings. The molecule has 4 rings (SSSR count). The Morgan fingerprint density at radius 3 is 2.60 bits per heavy atom. The minimum Gasteiger partial charge on any atom is -0.338 e. The first kappa shape index (κ1) is 21.1. The molecule has 30 heavy (non-hydrogen) atoms. The van der Waals surface area contributed by atoms with Crippen molar-refractivity contribution in [3.05, 3.63) is 70.2 Å². The standard InChI is InChI=1S/C24H24BrClN2O2/c1-3-22(29)27-14-24(15-27)10-11-28(16(2)13-24)23(30)19-9-8-17(25)12-20(19)18-6-4-5-7-21(18)26/h3-9,12,16H,1,10-11,13-15H2,2H3. The van der Waals surface area contributed by atoms with Crippen molar-refractivity contribution in [2.75, 3.05) is 19.6 Å². The van der Waals surface area contributed by atoms with Crippen molar-refractivity contribution in [2.24, 2.45) is 5.41 Å². The van der Waals surface area contributed by atoms with E-state index in [4.69, 9.17) is 11.6 Å². The van der Waals surface area contributed by atoms with E-state index in [9.17, 15) is 9.59 Å². The van der Waals surface area contributed by atoms with Crippen LogP contribution in [0.1, 0.15) is 30.1 Å². The second-order valence-corrected chi connectivity index (χ2v) is 9.69. The summed E-state index contributed by atoms with van der Waals surface area (Å²) in [4.78, 5) is 29.2. The van der Waals surface area contributed by atoms with Crippen LogP contribution in [0.15, 0.2) is 59.6 Å².